The molecule has 0 saturated heterocycles. The molecule has 21 heavy (non-hydrogen) atoms. The molecule has 0 saturated carbocycles. The molecule has 2 rings (SSSR count). The van der Waals surface area contributed by atoms with Gasteiger partial charge in [0.2, 0.25) is 5.91 Å². The van der Waals surface area contributed by atoms with Gasteiger partial charge in [-0.3, -0.25) is 4.79 Å². The van der Waals surface area contributed by atoms with E-state index in [1.807, 2.05) is 55.5 Å². The molecule has 1 atom stereocenters. The van der Waals surface area contributed by atoms with Crippen LogP contribution in [0.25, 0.3) is 0 Å². The molecular weight excluding hydrogens is 286 g/mol. The summed E-state index contributed by atoms with van der Waals surface area (Å²) >= 11 is 6.04. The second kappa shape index (κ2) is 7.70. The van der Waals surface area contributed by atoms with Gasteiger partial charge in [-0.25, -0.2) is 0 Å². The molecule has 2 aromatic carbocycles. The quantitative estimate of drug-likeness (QED) is 0.887. The van der Waals surface area contributed by atoms with Crippen LogP contribution in [0.2, 0.25) is 5.02 Å². The Balaban J connectivity index is 1.78. The van der Waals surface area contributed by atoms with Crippen molar-refractivity contribution in [2.75, 3.05) is 6.61 Å². The summed E-state index contributed by atoms with van der Waals surface area (Å²) in [5.41, 5.74) is 0.827. The van der Waals surface area contributed by atoms with E-state index in [2.05, 4.69) is 5.32 Å². The third-order valence-corrected chi connectivity index (χ3v) is 3.33. The average molecular weight is 304 g/mol. The normalized spacial score (nSPS) is 11.7. The minimum Gasteiger partial charge on any atom is -0.491 e. The van der Waals surface area contributed by atoms with E-state index in [0.717, 1.165) is 11.3 Å². The molecule has 1 amide bonds. The minimum atomic E-state index is -0.0693. The van der Waals surface area contributed by atoms with Crippen molar-refractivity contribution in [3.05, 3.63) is 65.2 Å². The highest BCUT2D eigenvalue weighted by atomic mass is 35.5. The van der Waals surface area contributed by atoms with Crippen molar-refractivity contribution in [3.8, 4) is 5.75 Å². The van der Waals surface area contributed by atoms with Gasteiger partial charge in [0.05, 0.1) is 12.5 Å². The summed E-state index contributed by atoms with van der Waals surface area (Å²) in [6.45, 7) is 2.34. The van der Waals surface area contributed by atoms with Crippen molar-refractivity contribution in [1.82, 2.24) is 5.32 Å². The van der Waals surface area contributed by atoms with E-state index in [1.165, 1.54) is 0 Å². The van der Waals surface area contributed by atoms with Crippen molar-refractivity contribution >= 4 is 17.5 Å². The molecule has 0 radical (unpaired) electrons. The first-order chi connectivity index (χ1) is 10.1. The Labute approximate surface area is 129 Å². The molecule has 0 bridgehead atoms. The van der Waals surface area contributed by atoms with Crippen LogP contribution in [0.3, 0.4) is 0 Å². The van der Waals surface area contributed by atoms with E-state index in [0.29, 0.717) is 11.6 Å². The summed E-state index contributed by atoms with van der Waals surface area (Å²) < 4.78 is 5.60. The van der Waals surface area contributed by atoms with Crippen molar-refractivity contribution < 1.29 is 9.53 Å². The first kappa shape index (κ1) is 15.4. The Morgan fingerprint density at radius 2 is 1.81 bits per heavy atom. The number of amides is 1. The van der Waals surface area contributed by atoms with Gasteiger partial charge in [-0.05, 0) is 30.7 Å². The molecule has 1 N–H and O–H groups in total. The minimum absolute atomic E-state index is 0.0627. The maximum absolute atomic E-state index is 12.0. The number of rotatable bonds is 6. The van der Waals surface area contributed by atoms with Crippen LogP contribution < -0.4 is 10.1 Å². The molecule has 0 spiro atoms. The second-order valence-corrected chi connectivity index (χ2v) is 5.27. The second-order valence-electron chi connectivity index (χ2n) is 4.86. The number of carbonyl (C=O) groups excluding carboxylic acids is 1. The van der Waals surface area contributed by atoms with Crippen LogP contribution in [0.15, 0.2) is 54.6 Å². The Morgan fingerprint density at radius 3 is 2.52 bits per heavy atom. The highest BCUT2D eigenvalue weighted by Crippen LogP contribution is 2.15. The lowest BCUT2D eigenvalue weighted by molar-refractivity contribution is -0.121. The highest BCUT2D eigenvalue weighted by Gasteiger charge is 2.10. The van der Waals surface area contributed by atoms with E-state index < -0.39 is 0 Å². The molecule has 0 aromatic heterocycles. The lowest BCUT2D eigenvalue weighted by Crippen LogP contribution is -2.37. The van der Waals surface area contributed by atoms with Crippen LogP contribution in [0, 0.1) is 0 Å². The monoisotopic (exact) mass is 303 g/mol. The van der Waals surface area contributed by atoms with Gasteiger partial charge in [-0.15, -0.1) is 0 Å². The molecule has 0 heterocycles. The summed E-state index contributed by atoms with van der Waals surface area (Å²) in [5.74, 6) is 0.733. The van der Waals surface area contributed by atoms with Crippen LogP contribution in [0.5, 0.6) is 5.75 Å². The molecule has 0 aliphatic carbocycles. The Bertz CT molecular complexity index is 586. The van der Waals surface area contributed by atoms with Gasteiger partial charge in [0, 0.05) is 5.02 Å². The molecule has 2 aromatic rings. The lowest BCUT2D eigenvalue weighted by Gasteiger charge is -2.15. The van der Waals surface area contributed by atoms with Crippen molar-refractivity contribution in [2.24, 2.45) is 0 Å². The van der Waals surface area contributed by atoms with E-state index in [4.69, 9.17) is 16.3 Å². The number of hydrogen-bond acceptors (Lipinski definition) is 2. The third-order valence-electron chi connectivity index (χ3n) is 2.96. The number of halogens is 1. The lowest BCUT2D eigenvalue weighted by atomic mass is 10.1. The van der Waals surface area contributed by atoms with Gasteiger partial charge >= 0.3 is 0 Å². The number of para-hydroxylation sites is 1. The Hall–Kier alpha value is -2.00. The number of carbonyl (C=O) groups is 1. The molecule has 3 nitrogen and oxygen atoms in total. The summed E-state index contributed by atoms with van der Waals surface area (Å²) in [6.07, 6.45) is 0.273. The fourth-order valence-corrected chi connectivity index (χ4v) is 2.12. The number of ether oxygens (including phenoxy) is 1. The molecular formula is C17H18ClNO2. The van der Waals surface area contributed by atoms with Gasteiger partial charge in [0.1, 0.15) is 12.4 Å². The zero-order valence-corrected chi connectivity index (χ0v) is 12.6. The van der Waals surface area contributed by atoms with Gasteiger partial charge in [0.15, 0.2) is 0 Å². The molecule has 1 unspecified atom stereocenters. The number of benzene rings is 2. The van der Waals surface area contributed by atoms with Crippen molar-refractivity contribution in [1.29, 1.82) is 0 Å². The number of nitrogens with one attached hydrogen (secondary N) is 1. The summed E-state index contributed by atoms with van der Waals surface area (Å²) in [4.78, 5) is 12.0. The molecule has 0 aliphatic rings. The fourth-order valence-electron chi connectivity index (χ4n) is 1.92. The standard InChI is InChI=1S/C17H18ClNO2/c1-13(12-21-15-8-3-2-4-9-15)19-17(20)11-14-7-5-6-10-16(14)18/h2-10,13H,11-12H2,1H3,(H,19,20). The topological polar surface area (TPSA) is 38.3 Å². The smallest absolute Gasteiger partial charge is 0.224 e. The van der Waals surface area contributed by atoms with Crippen LogP contribution in [-0.4, -0.2) is 18.6 Å². The van der Waals surface area contributed by atoms with E-state index >= 15 is 0 Å². The fraction of sp³-hybridized carbons (Fsp3) is 0.235. The summed E-state index contributed by atoms with van der Waals surface area (Å²) in [6, 6.07) is 16.8. The van der Waals surface area contributed by atoms with Gasteiger partial charge < -0.3 is 10.1 Å². The predicted octanol–water partition coefficient (Wildman–Crippen LogP) is 3.47. The first-order valence-electron chi connectivity index (χ1n) is 6.86. The highest BCUT2D eigenvalue weighted by molar-refractivity contribution is 6.31. The van der Waals surface area contributed by atoms with E-state index in [1.54, 1.807) is 6.07 Å². The van der Waals surface area contributed by atoms with Crippen LogP contribution in [-0.2, 0) is 11.2 Å². The zero-order valence-electron chi connectivity index (χ0n) is 11.9. The van der Waals surface area contributed by atoms with E-state index in [9.17, 15) is 4.79 Å². The summed E-state index contributed by atoms with van der Waals surface area (Å²) in [5, 5.41) is 3.52. The predicted molar refractivity (Wildman–Crippen MR) is 84.7 cm³/mol. The SMILES string of the molecule is CC(COc1ccccc1)NC(=O)Cc1ccccc1Cl. The molecule has 0 fully saturated rings. The van der Waals surface area contributed by atoms with Crippen molar-refractivity contribution in [2.45, 2.75) is 19.4 Å². The maximum atomic E-state index is 12.0. The van der Waals surface area contributed by atoms with Gasteiger partial charge in [-0.2, -0.15) is 0 Å². The average Bonchev–Trinajstić information content (AvgIpc) is 2.48. The maximum Gasteiger partial charge on any atom is 0.224 e. The Morgan fingerprint density at radius 1 is 1.14 bits per heavy atom. The first-order valence-corrected chi connectivity index (χ1v) is 7.23. The molecule has 4 heteroatoms. The third kappa shape index (κ3) is 5.12. The van der Waals surface area contributed by atoms with Crippen LogP contribution in [0.1, 0.15) is 12.5 Å². The van der Waals surface area contributed by atoms with Crippen LogP contribution >= 0.6 is 11.6 Å². The van der Waals surface area contributed by atoms with Gasteiger partial charge in [-0.1, -0.05) is 48.0 Å². The zero-order chi connectivity index (χ0) is 15.1. The summed E-state index contributed by atoms with van der Waals surface area (Å²) in [7, 11) is 0. The Kier molecular flexibility index (Phi) is 5.64. The van der Waals surface area contributed by atoms with Gasteiger partial charge in [0.25, 0.3) is 0 Å². The number of hydrogen-bond donors (Lipinski definition) is 1. The molecule has 0 aliphatic heterocycles. The van der Waals surface area contributed by atoms with E-state index in [-0.39, 0.29) is 18.4 Å². The van der Waals surface area contributed by atoms with Crippen LogP contribution in [0.4, 0.5) is 0 Å². The largest absolute Gasteiger partial charge is 0.491 e. The molecule has 110 valence electrons. The van der Waals surface area contributed by atoms with Crippen molar-refractivity contribution in [3.63, 3.8) is 0 Å².